The van der Waals surface area contributed by atoms with Crippen LogP contribution in [-0.2, 0) is 0 Å². The lowest BCUT2D eigenvalue weighted by Gasteiger charge is -2.17. The van der Waals surface area contributed by atoms with Crippen molar-refractivity contribution >= 4 is 64.6 Å². The lowest BCUT2D eigenvalue weighted by Crippen LogP contribution is -1.90. The van der Waals surface area contributed by atoms with Crippen LogP contribution in [0, 0.1) is 0 Å². The molecule has 0 bridgehead atoms. The molecule has 0 amide bonds. The summed E-state index contributed by atoms with van der Waals surface area (Å²) >= 11 is 0. The predicted octanol–water partition coefficient (Wildman–Crippen LogP) is 11.9. The minimum absolute atomic E-state index is 1.27. The third kappa shape index (κ3) is 3.42. The fraction of sp³-hybridized carbons (Fsp3) is 0. The van der Waals surface area contributed by atoms with Crippen molar-refractivity contribution in [3.05, 3.63) is 158 Å². The van der Waals surface area contributed by atoms with Gasteiger partial charge in [0.25, 0.3) is 0 Å². The summed E-state index contributed by atoms with van der Waals surface area (Å²) < 4.78 is 0. The van der Waals surface area contributed by atoms with Crippen LogP contribution in [0.4, 0.5) is 0 Å². The molecule has 9 aromatic rings. The second-order valence-electron chi connectivity index (χ2n) is 11.3. The quantitative estimate of drug-likeness (QED) is 0.154. The lowest BCUT2D eigenvalue weighted by molar-refractivity contribution is 1.68. The Kier molecular flexibility index (Phi) is 5.00. The zero-order valence-corrected chi connectivity index (χ0v) is 23.0. The van der Waals surface area contributed by atoms with E-state index in [1.807, 2.05) is 0 Å². The van der Waals surface area contributed by atoms with Gasteiger partial charge in [0.2, 0.25) is 0 Å². The maximum absolute atomic E-state index is 2.39. The second kappa shape index (κ2) is 9.03. The summed E-state index contributed by atoms with van der Waals surface area (Å²) in [6.45, 7) is 0. The summed E-state index contributed by atoms with van der Waals surface area (Å²) in [6, 6.07) is 58.2. The minimum Gasteiger partial charge on any atom is -0.0616 e. The Hall–Kier alpha value is -5.46. The van der Waals surface area contributed by atoms with Crippen LogP contribution >= 0.6 is 0 Å². The maximum Gasteiger partial charge on any atom is -0.00923 e. The van der Waals surface area contributed by atoms with Crippen LogP contribution in [0.5, 0.6) is 0 Å². The molecule has 0 saturated heterocycles. The van der Waals surface area contributed by atoms with E-state index in [0.29, 0.717) is 0 Å². The van der Waals surface area contributed by atoms with Crippen molar-refractivity contribution in [2.24, 2.45) is 0 Å². The van der Waals surface area contributed by atoms with Crippen LogP contribution < -0.4 is 0 Å². The topological polar surface area (TPSA) is 0 Å². The van der Waals surface area contributed by atoms with Crippen LogP contribution in [0.3, 0.4) is 0 Å². The molecule has 0 fully saturated rings. The van der Waals surface area contributed by atoms with Gasteiger partial charge in [-0.25, -0.2) is 0 Å². The van der Waals surface area contributed by atoms with Crippen LogP contribution in [0.2, 0.25) is 0 Å². The zero-order chi connectivity index (χ0) is 27.6. The van der Waals surface area contributed by atoms with Gasteiger partial charge in [0.05, 0.1) is 0 Å². The highest BCUT2D eigenvalue weighted by Crippen LogP contribution is 2.44. The Balaban J connectivity index is 1.38. The van der Waals surface area contributed by atoms with E-state index in [9.17, 15) is 0 Å². The molecule has 0 heteroatoms. The Labute approximate surface area is 244 Å². The molecule has 0 atom stereocenters. The maximum atomic E-state index is 2.39. The van der Waals surface area contributed by atoms with Crippen molar-refractivity contribution < 1.29 is 0 Å². The smallest absolute Gasteiger partial charge is 0.00923 e. The van der Waals surface area contributed by atoms with Crippen LogP contribution in [0.15, 0.2) is 158 Å². The van der Waals surface area contributed by atoms with Crippen LogP contribution in [-0.4, -0.2) is 0 Å². The van der Waals surface area contributed by atoms with E-state index >= 15 is 0 Å². The highest BCUT2D eigenvalue weighted by molar-refractivity contribution is 6.21. The molecule has 0 radical (unpaired) electrons. The van der Waals surface area contributed by atoms with Crippen LogP contribution in [0.25, 0.3) is 86.9 Å². The van der Waals surface area contributed by atoms with Gasteiger partial charge in [-0.1, -0.05) is 133 Å². The normalized spacial score (nSPS) is 11.8. The van der Waals surface area contributed by atoms with E-state index in [1.165, 1.54) is 86.9 Å². The lowest BCUT2D eigenvalue weighted by atomic mass is 9.86. The number of hydrogen-bond acceptors (Lipinski definition) is 0. The number of fused-ring (bicyclic) bond motifs is 8. The van der Waals surface area contributed by atoms with Crippen molar-refractivity contribution in [1.82, 2.24) is 0 Å². The molecule has 0 spiro atoms. The van der Waals surface area contributed by atoms with E-state index in [4.69, 9.17) is 0 Å². The highest BCUT2D eigenvalue weighted by Gasteiger charge is 2.16. The van der Waals surface area contributed by atoms with Gasteiger partial charge >= 0.3 is 0 Å². The monoisotopic (exact) mass is 530 g/mol. The molecule has 0 unspecified atom stereocenters. The Morgan fingerprint density at radius 1 is 0.190 bits per heavy atom. The SMILES string of the molecule is c1ccc2cc3c(cc2c1)c(-c1ccc(-c2cc4ccccc4c4ccccc24)c2ccccc12)cc1ccccc13. The molecule has 0 aliphatic carbocycles. The molecule has 0 saturated carbocycles. The Bertz CT molecular complexity index is 2510. The van der Waals surface area contributed by atoms with Gasteiger partial charge in [-0.3, -0.25) is 0 Å². The van der Waals surface area contributed by atoms with E-state index in [2.05, 4.69) is 158 Å². The van der Waals surface area contributed by atoms with Gasteiger partial charge in [0.15, 0.2) is 0 Å². The fourth-order valence-corrected chi connectivity index (χ4v) is 7.06. The van der Waals surface area contributed by atoms with E-state index in [0.717, 1.165) is 0 Å². The fourth-order valence-electron chi connectivity index (χ4n) is 7.06. The standard InChI is InChI=1S/C42H26/c1-2-12-28-24-42-39(23-27(28)11-1)32-16-6-4-14-30(32)26-41(42)38-22-21-37(34-18-8-9-19-35(34)38)40-25-29-13-3-5-15-31(29)33-17-7-10-20-36(33)40/h1-26H. The number of rotatable bonds is 2. The Morgan fingerprint density at radius 2 is 0.548 bits per heavy atom. The van der Waals surface area contributed by atoms with Crippen molar-refractivity contribution in [2.75, 3.05) is 0 Å². The predicted molar refractivity (Wildman–Crippen MR) is 182 cm³/mol. The molecule has 0 aromatic heterocycles. The Morgan fingerprint density at radius 3 is 1.10 bits per heavy atom. The van der Waals surface area contributed by atoms with Crippen molar-refractivity contribution in [1.29, 1.82) is 0 Å². The first-order chi connectivity index (χ1) is 20.8. The van der Waals surface area contributed by atoms with Gasteiger partial charge in [-0.15, -0.1) is 0 Å². The molecule has 9 aromatic carbocycles. The summed E-state index contributed by atoms with van der Waals surface area (Å²) in [4.78, 5) is 0. The molecule has 0 aliphatic rings. The van der Waals surface area contributed by atoms with Crippen LogP contribution in [0.1, 0.15) is 0 Å². The van der Waals surface area contributed by atoms with Gasteiger partial charge < -0.3 is 0 Å². The molecular weight excluding hydrogens is 504 g/mol. The average molecular weight is 531 g/mol. The van der Waals surface area contributed by atoms with E-state index in [1.54, 1.807) is 0 Å². The molecule has 0 heterocycles. The summed E-state index contributed by atoms with van der Waals surface area (Å²) in [7, 11) is 0. The van der Waals surface area contributed by atoms with Crippen molar-refractivity contribution in [2.45, 2.75) is 0 Å². The third-order valence-electron chi connectivity index (χ3n) is 9.00. The van der Waals surface area contributed by atoms with Gasteiger partial charge in [0, 0.05) is 0 Å². The highest BCUT2D eigenvalue weighted by atomic mass is 14.2. The molecule has 0 nitrogen and oxygen atoms in total. The summed E-state index contributed by atoms with van der Waals surface area (Å²) in [5, 5.41) is 15.4. The molecular formula is C42H26. The van der Waals surface area contributed by atoms with Gasteiger partial charge in [-0.2, -0.15) is 0 Å². The molecule has 42 heavy (non-hydrogen) atoms. The molecule has 9 rings (SSSR count). The summed E-state index contributed by atoms with van der Waals surface area (Å²) in [6.07, 6.45) is 0. The summed E-state index contributed by atoms with van der Waals surface area (Å²) in [5.41, 5.74) is 5.10. The minimum atomic E-state index is 1.27. The zero-order valence-electron chi connectivity index (χ0n) is 23.0. The first-order valence-corrected chi connectivity index (χ1v) is 14.6. The number of hydrogen-bond donors (Lipinski definition) is 0. The molecule has 0 N–H and O–H groups in total. The average Bonchev–Trinajstić information content (AvgIpc) is 3.06. The molecule has 194 valence electrons. The number of benzene rings is 9. The largest absolute Gasteiger partial charge is 0.0616 e. The van der Waals surface area contributed by atoms with Gasteiger partial charge in [0.1, 0.15) is 0 Å². The second-order valence-corrected chi connectivity index (χ2v) is 11.3. The van der Waals surface area contributed by atoms with E-state index in [-0.39, 0.29) is 0 Å². The van der Waals surface area contributed by atoms with Crippen molar-refractivity contribution in [3.8, 4) is 22.3 Å². The van der Waals surface area contributed by atoms with Gasteiger partial charge in [-0.05, 0) is 111 Å². The first kappa shape index (κ1) is 23.3. The third-order valence-corrected chi connectivity index (χ3v) is 9.00. The first-order valence-electron chi connectivity index (χ1n) is 14.6. The van der Waals surface area contributed by atoms with Crippen molar-refractivity contribution in [3.63, 3.8) is 0 Å². The molecule has 0 aliphatic heterocycles. The summed E-state index contributed by atoms with van der Waals surface area (Å²) in [5.74, 6) is 0. The van der Waals surface area contributed by atoms with E-state index < -0.39 is 0 Å².